The molecule has 4 heteroatoms. The van der Waals surface area contributed by atoms with Crippen molar-refractivity contribution >= 4 is 11.3 Å². The van der Waals surface area contributed by atoms with E-state index in [4.69, 9.17) is 0 Å². The highest BCUT2D eigenvalue weighted by Gasteiger charge is 2.23. The summed E-state index contributed by atoms with van der Waals surface area (Å²) in [5, 5.41) is 2.39. The second kappa shape index (κ2) is 9.12. The largest absolute Gasteiger partial charge is 0.299 e. The molecule has 4 rings (SSSR count). The lowest BCUT2D eigenvalue weighted by Crippen LogP contribution is -2.39. The van der Waals surface area contributed by atoms with Gasteiger partial charge in [0.05, 0.1) is 0 Å². The normalized spacial score (nSPS) is 22.1. The molecule has 2 fully saturated rings. The predicted molar refractivity (Wildman–Crippen MR) is 109 cm³/mol. The van der Waals surface area contributed by atoms with E-state index in [1.165, 1.54) is 69.4 Å². The summed E-state index contributed by atoms with van der Waals surface area (Å²) in [4.78, 5) is 11.4. The van der Waals surface area contributed by atoms with Crippen LogP contribution in [0.3, 0.4) is 0 Å². The molecule has 0 spiro atoms. The molecule has 0 radical (unpaired) electrons. The van der Waals surface area contributed by atoms with Gasteiger partial charge >= 0.3 is 0 Å². The number of aryl methyl sites for hydroxylation is 1. The van der Waals surface area contributed by atoms with E-state index in [9.17, 15) is 0 Å². The van der Waals surface area contributed by atoms with Crippen molar-refractivity contribution in [2.75, 3.05) is 19.6 Å². The molecule has 2 aromatic rings. The van der Waals surface area contributed by atoms with Gasteiger partial charge in [0.1, 0.15) is 0 Å². The van der Waals surface area contributed by atoms with Gasteiger partial charge in [-0.2, -0.15) is 0 Å². The lowest BCUT2D eigenvalue weighted by atomic mass is 9.97. The molecule has 2 aromatic heterocycles. The molecule has 26 heavy (non-hydrogen) atoms. The second-order valence-electron chi connectivity index (χ2n) is 7.88. The Morgan fingerprint density at radius 2 is 1.92 bits per heavy atom. The minimum Gasteiger partial charge on any atom is -0.299 e. The fourth-order valence-corrected chi connectivity index (χ4v) is 5.35. The average Bonchev–Trinajstić information content (AvgIpc) is 3.34. The second-order valence-corrected chi connectivity index (χ2v) is 8.88. The molecule has 140 valence electrons. The van der Waals surface area contributed by atoms with Crippen LogP contribution in [0.2, 0.25) is 0 Å². The third-order valence-corrected chi connectivity index (χ3v) is 6.85. The summed E-state index contributed by atoms with van der Waals surface area (Å²) in [6.07, 6.45) is 11.1. The number of nitrogens with zero attached hydrogens (tertiary/aromatic N) is 3. The van der Waals surface area contributed by atoms with Gasteiger partial charge in [-0.15, -0.1) is 11.3 Å². The first kappa shape index (κ1) is 18.1. The van der Waals surface area contributed by atoms with Crippen molar-refractivity contribution in [3.05, 3.63) is 52.0 Å². The molecule has 0 saturated carbocycles. The fourth-order valence-electron chi connectivity index (χ4n) is 4.45. The van der Waals surface area contributed by atoms with Crippen molar-refractivity contribution in [3.8, 4) is 0 Å². The highest BCUT2D eigenvalue weighted by molar-refractivity contribution is 7.10. The van der Waals surface area contributed by atoms with Crippen molar-refractivity contribution in [3.63, 3.8) is 0 Å². The van der Waals surface area contributed by atoms with Crippen molar-refractivity contribution in [2.24, 2.45) is 0 Å². The van der Waals surface area contributed by atoms with E-state index >= 15 is 0 Å². The average molecular weight is 370 g/mol. The maximum absolute atomic E-state index is 4.50. The van der Waals surface area contributed by atoms with Crippen LogP contribution in [-0.4, -0.2) is 40.5 Å². The summed E-state index contributed by atoms with van der Waals surface area (Å²) in [6, 6.07) is 9.46. The van der Waals surface area contributed by atoms with Crippen LogP contribution in [-0.2, 0) is 19.5 Å². The van der Waals surface area contributed by atoms with E-state index in [2.05, 4.69) is 38.4 Å². The highest BCUT2D eigenvalue weighted by atomic mass is 32.1. The summed E-state index contributed by atoms with van der Waals surface area (Å²) < 4.78 is 0. The first-order valence-corrected chi connectivity index (χ1v) is 11.2. The first-order valence-electron chi connectivity index (χ1n) is 10.3. The number of hydrogen-bond acceptors (Lipinski definition) is 4. The fraction of sp³-hybridized carbons (Fsp3) is 0.591. The molecule has 3 nitrogen and oxygen atoms in total. The zero-order valence-electron chi connectivity index (χ0n) is 15.8. The molecule has 2 aliphatic heterocycles. The number of hydrogen-bond donors (Lipinski definition) is 0. The van der Waals surface area contributed by atoms with Gasteiger partial charge in [-0.1, -0.05) is 12.5 Å². The molecule has 0 unspecified atom stereocenters. The zero-order chi connectivity index (χ0) is 17.6. The van der Waals surface area contributed by atoms with Gasteiger partial charge in [0, 0.05) is 35.9 Å². The standard InChI is InChI=1S/C22H31N3S/c1-3-11-23-20(7-1)9-10-21-8-2-4-14-25(21)17-22-15-19(18-26-22)16-24-12-5-6-13-24/h1,3,7,11,15,18,21H,2,4-6,8-10,12-14,16-17H2/t21-/m1/s1. The van der Waals surface area contributed by atoms with E-state index in [0.29, 0.717) is 0 Å². The number of thiophene rings is 1. The summed E-state index contributed by atoms with van der Waals surface area (Å²) in [6.45, 7) is 6.11. The number of pyridine rings is 1. The Kier molecular flexibility index (Phi) is 6.36. The number of aromatic nitrogens is 1. The molecule has 0 aliphatic carbocycles. The molecule has 0 N–H and O–H groups in total. The van der Waals surface area contributed by atoms with Crippen LogP contribution in [0.5, 0.6) is 0 Å². The van der Waals surface area contributed by atoms with Crippen LogP contribution in [0.1, 0.15) is 54.7 Å². The van der Waals surface area contributed by atoms with E-state index in [1.807, 2.05) is 23.6 Å². The van der Waals surface area contributed by atoms with E-state index in [1.54, 1.807) is 4.88 Å². The van der Waals surface area contributed by atoms with Gasteiger partial charge in [-0.05, 0) is 87.3 Å². The first-order chi connectivity index (χ1) is 12.9. The minimum atomic E-state index is 0.717. The lowest BCUT2D eigenvalue weighted by molar-refractivity contribution is 0.133. The van der Waals surface area contributed by atoms with Gasteiger partial charge in [0.15, 0.2) is 0 Å². The third kappa shape index (κ3) is 4.93. The van der Waals surface area contributed by atoms with Crippen LogP contribution in [0.25, 0.3) is 0 Å². The molecule has 0 aromatic carbocycles. The summed E-state index contributed by atoms with van der Waals surface area (Å²) in [5.74, 6) is 0. The Balaban J connectivity index is 1.32. The van der Waals surface area contributed by atoms with Crippen LogP contribution in [0.15, 0.2) is 35.8 Å². The smallest absolute Gasteiger partial charge is 0.0404 e. The quantitative estimate of drug-likeness (QED) is 0.703. The van der Waals surface area contributed by atoms with Gasteiger partial charge < -0.3 is 0 Å². The SMILES string of the molecule is c1ccc(CC[C@H]2CCCCN2Cc2cc(CN3CCCC3)cs2)nc1. The van der Waals surface area contributed by atoms with E-state index in [0.717, 1.165) is 25.6 Å². The number of likely N-dealkylation sites (tertiary alicyclic amines) is 2. The summed E-state index contributed by atoms with van der Waals surface area (Å²) in [5.41, 5.74) is 2.76. The molecule has 2 saturated heterocycles. The molecule has 0 amide bonds. The van der Waals surface area contributed by atoms with Crippen molar-refractivity contribution < 1.29 is 0 Å². The zero-order valence-corrected chi connectivity index (χ0v) is 16.6. The number of piperidine rings is 1. The minimum absolute atomic E-state index is 0.717. The molecule has 1 atom stereocenters. The molecule has 0 bridgehead atoms. The van der Waals surface area contributed by atoms with E-state index < -0.39 is 0 Å². The van der Waals surface area contributed by atoms with Crippen LogP contribution in [0.4, 0.5) is 0 Å². The van der Waals surface area contributed by atoms with E-state index in [-0.39, 0.29) is 0 Å². The third-order valence-electron chi connectivity index (χ3n) is 5.88. The molecular weight excluding hydrogens is 338 g/mol. The van der Waals surface area contributed by atoms with Crippen molar-refractivity contribution in [1.82, 2.24) is 14.8 Å². The van der Waals surface area contributed by atoms with Gasteiger partial charge in [-0.3, -0.25) is 14.8 Å². The molecule has 4 heterocycles. The Hall–Kier alpha value is -1.23. The Morgan fingerprint density at radius 1 is 1.04 bits per heavy atom. The topological polar surface area (TPSA) is 19.4 Å². The van der Waals surface area contributed by atoms with Gasteiger partial charge in [0.2, 0.25) is 0 Å². The van der Waals surface area contributed by atoms with Crippen LogP contribution in [0, 0.1) is 0 Å². The maximum atomic E-state index is 4.50. The van der Waals surface area contributed by atoms with Crippen LogP contribution < -0.4 is 0 Å². The lowest BCUT2D eigenvalue weighted by Gasteiger charge is -2.35. The van der Waals surface area contributed by atoms with Crippen molar-refractivity contribution in [1.29, 1.82) is 0 Å². The Labute approximate surface area is 162 Å². The highest BCUT2D eigenvalue weighted by Crippen LogP contribution is 2.26. The Bertz CT molecular complexity index is 663. The summed E-state index contributed by atoms with van der Waals surface area (Å²) in [7, 11) is 0. The maximum Gasteiger partial charge on any atom is 0.0404 e. The van der Waals surface area contributed by atoms with Gasteiger partial charge in [-0.25, -0.2) is 0 Å². The molecular formula is C22H31N3S. The van der Waals surface area contributed by atoms with Crippen molar-refractivity contribution in [2.45, 2.75) is 64.1 Å². The molecule has 2 aliphatic rings. The van der Waals surface area contributed by atoms with Crippen LogP contribution >= 0.6 is 11.3 Å². The summed E-state index contributed by atoms with van der Waals surface area (Å²) >= 11 is 1.96. The number of rotatable bonds is 7. The monoisotopic (exact) mass is 369 g/mol. The van der Waals surface area contributed by atoms with Gasteiger partial charge in [0.25, 0.3) is 0 Å². The Morgan fingerprint density at radius 3 is 2.77 bits per heavy atom. The predicted octanol–water partition coefficient (Wildman–Crippen LogP) is 4.73.